The fourth-order valence-corrected chi connectivity index (χ4v) is 3.55. The highest BCUT2D eigenvalue weighted by Crippen LogP contribution is 2.30. The molecule has 0 unspecified atom stereocenters. The molecule has 5 rings (SSSR count). The van der Waals surface area contributed by atoms with Gasteiger partial charge in [-0.25, -0.2) is 0 Å². The lowest BCUT2D eigenvalue weighted by Gasteiger charge is -2.24. The van der Waals surface area contributed by atoms with E-state index < -0.39 is 0 Å². The molecule has 0 radical (unpaired) electrons. The number of nitrogens with zero attached hydrogens (tertiary/aromatic N) is 2. The predicted octanol–water partition coefficient (Wildman–Crippen LogP) is 5.17. The van der Waals surface area contributed by atoms with Gasteiger partial charge in [-0.15, -0.1) is 0 Å². The molecule has 2 aromatic carbocycles. The van der Waals surface area contributed by atoms with Crippen LogP contribution in [0.2, 0.25) is 0 Å². The van der Waals surface area contributed by atoms with Gasteiger partial charge in [-0.1, -0.05) is 60.8 Å². The highest BCUT2D eigenvalue weighted by Gasteiger charge is 2.27. The average Bonchev–Trinajstić information content (AvgIpc) is 3.23. The van der Waals surface area contributed by atoms with Gasteiger partial charge in [0.05, 0.1) is 12.2 Å². The number of fused-ring (bicyclic) bond motifs is 1. The molecule has 1 amide bonds. The minimum Gasteiger partial charge on any atom is -0.364 e. The maximum absolute atomic E-state index is 12.1. The standard InChI is InChI=1S/C14H11NO.C9H13NO/c16-14-13-9-5-4-6-11(13)10-15(14)12-7-2-1-3-8-12;1-7-6-11-10-9(7)5-8-3-2-4-8/h1-9H,10H2;6,8H,2-5H2,1H3. The van der Waals surface area contributed by atoms with Gasteiger partial charge >= 0.3 is 0 Å². The van der Waals surface area contributed by atoms with Gasteiger partial charge in [0.15, 0.2) is 0 Å². The van der Waals surface area contributed by atoms with E-state index in [0.29, 0.717) is 6.54 Å². The third kappa shape index (κ3) is 3.80. The molecule has 4 nitrogen and oxygen atoms in total. The minimum absolute atomic E-state index is 0.0989. The molecule has 0 spiro atoms. The van der Waals surface area contributed by atoms with Crippen molar-refractivity contribution >= 4 is 11.6 Å². The molecule has 1 aromatic heterocycles. The molecule has 1 saturated carbocycles. The second-order valence-corrected chi connectivity index (χ2v) is 7.33. The number of carbonyl (C=O) groups is 1. The lowest BCUT2D eigenvalue weighted by Crippen LogP contribution is -2.22. The second kappa shape index (κ2) is 7.78. The first-order chi connectivity index (χ1) is 13.2. The molecule has 138 valence electrons. The summed E-state index contributed by atoms with van der Waals surface area (Å²) in [4.78, 5) is 13.9. The van der Waals surface area contributed by atoms with Gasteiger partial charge in [0, 0.05) is 16.8 Å². The smallest absolute Gasteiger partial charge is 0.258 e. The van der Waals surface area contributed by atoms with Crippen LogP contribution in [0.3, 0.4) is 0 Å². The van der Waals surface area contributed by atoms with Crippen LogP contribution in [-0.2, 0) is 13.0 Å². The number of anilines is 1. The highest BCUT2D eigenvalue weighted by atomic mass is 16.5. The van der Waals surface area contributed by atoms with Crippen LogP contribution in [0.1, 0.15) is 46.4 Å². The summed E-state index contributed by atoms with van der Waals surface area (Å²) in [5.74, 6) is 0.987. The Kier molecular flexibility index (Phi) is 5.05. The first kappa shape index (κ1) is 17.5. The van der Waals surface area contributed by atoms with E-state index >= 15 is 0 Å². The molecule has 0 saturated heterocycles. The van der Waals surface area contributed by atoms with E-state index in [-0.39, 0.29) is 5.91 Å². The monoisotopic (exact) mass is 360 g/mol. The van der Waals surface area contributed by atoms with Crippen molar-refractivity contribution in [1.82, 2.24) is 5.16 Å². The van der Waals surface area contributed by atoms with Crippen molar-refractivity contribution in [1.29, 1.82) is 0 Å². The second-order valence-electron chi connectivity index (χ2n) is 7.33. The zero-order valence-electron chi connectivity index (χ0n) is 15.6. The number of para-hydroxylation sites is 1. The van der Waals surface area contributed by atoms with Crippen molar-refractivity contribution in [2.24, 2.45) is 5.92 Å². The first-order valence-electron chi connectivity index (χ1n) is 9.57. The minimum atomic E-state index is 0.0989. The fraction of sp³-hybridized carbons (Fsp3) is 0.304. The van der Waals surface area contributed by atoms with E-state index in [1.165, 1.54) is 24.8 Å². The summed E-state index contributed by atoms with van der Waals surface area (Å²) >= 11 is 0. The van der Waals surface area contributed by atoms with Gasteiger partial charge < -0.3 is 9.42 Å². The van der Waals surface area contributed by atoms with E-state index in [1.54, 1.807) is 6.26 Å². The van der Waals surface area contributed by atoms with Crippen LogP contribution < -0.4 is 4.90 Å². The van der Waals surface area contributed by atoms with Crippen molar-refractivity contribution in [3.8, 4) is 0 Å². The first-order valence-corrected chi connectivity index (χ1v) is 9.57. The normalized spacial score (nSPS) is 15.7. The molecule has 1 fully saturated rings. The number of hydrogen-bond donors (Lipinski definition) is 0. The lowest BCUT2D eigenvalue weighted by atomic mass is 9.82. The molecule has 1 aliphatic heterocycles. The van der Waals surface area contributed by atoms with E-state index in [2.05, 4.69) is 12.1 Å². The fourth-order valence-electron chi connectivity index (χ4n) is 3.55. The largest absolute Gasteiger partial charge is 0.364 e. The lowest BCUT2D eigenvalue weighted by molar-refractivity contribution is 0.0996. The third-order valence-electron chi connectivity index (χ3n) is 5.44. The Morgan fingerprint density at radius 2 is 1.81 bits per heavy atom. The quantitative estimate of drug-likeness (QED) is 0.647. The van der Waals surface area contributed by atoms with E-state index in [9.17, 15) is 4.79 Å². The number of rotatable bonds is 3. The van der Waals surface area contributed by atoms with Gasteiger partial charge in [0.25, 0.3) is 5.91 Å². The number of aryl methyl sites for hydroxylation is 1. The zero-order valence-corrected chi connectivity index (χ0v) is 15.6. The number of hydrogen-bond acceptors (Lipinski definition) is 3. The van der Waals surface area contributed by atoms with Gasteiger partial charge in [-0.05, 0) is 43.0 Å². The summed E-state index contributed by atoms with van der Waals surface area (Å²) in [5.41, 5.74) is 5.26. The highest BCUT2D eigenvalue weighted by molar-refractivity contribution is 6.09. The Hall–Kier alpha value is -2.88. The summed E-state index contributed by atoms with van der Waals surface area (Å²) in [5, 5.41) is 3.96. The van der Waals surface area contributed by atoms with E-state index in [1.807, 2.05) is 59.5 Å². The van der Waals surface area contributed by atoms with Crippen LogP contribution in [0.5, 0.6) is 0 Å². The molecule has 0 atom stereocenters. The van der Waals surface area contributed by atoms with Crippen LogP contribution in [0.15, 0.2) is 65.4 Å². The summed E-state index contributed by atoms with van der Waals surface area (Å²) < 4.78 is 4.86. The number of carbonyl (C=O) groups excluding carboxylic acids is 1. The van der Waals surface area contributed by atoms with Crippen molar-refractivity contribution in [3.63, 3.8) is 0 Å². The van der Waals surface area contributed by atoms with Crippen molar-refractivity contribution < 1.29 is 9.32 Å². The summed E-state index contributed by atoms with van der Waals surface area (Å²) in [6.07, 6.45) is 7.02. The van der Waals surface area contributed by atoms with Crippen molar-refractivity contribution in [2.75, 3.05) is 4.90 Å². The Morgan fingerprint density at radius 1 is 1.07 bits per heavy atom. The molecule has 27 heavy (non-hydrogen) atoms. The van der Waals surface area contributed by atoms with Gasteiger partial charge in [-0.3, -0.25) is 4.79 Å². The molecule has 1 aliphatic carbocycles. The zero-order chi connectivity index (χ0) is 18.6. The average molecular weight is 360 g/mol. The Balaban J connectivity index is 0.000000143. The van der Waals surface area contributed by atoms with Gasteiger partial charge in [0.1, 0.15) is 6.26 Å². The Labute approximate surface area is 159 Å². The molecule has 2 heterocycles. The summed E-state index contributed by atoms with van der Waals surface area (Å²) in [6, 6.07) is 17.6. The topological polar surface area (TPSA) is 46.3 Å². The van der Waals surface area contributed by atoms with Gasteiger partial charge in [0.2, 0.25) is 0 Å². The third-order valence-corrected chi connectivity index (χ3v) is 5.44. The predicted molar refractivity (Wildman–Crippen MR) is 106 cm³/mol. The van der Waals surface area contributed by atoms with Crippen LogP contribution in [0.4, 0.5) is 5.69 Å². The van der Waals surface area contributed by atoms with Crippen molar-refractivity contribution in [2.45, 2.75) is 39.2 Å². The van der Waals surface area contributed by atoms with Crippen LogP contribution >= 0.6 is 0 Å². The molecular weight excluding hydrogens is 336 g/mol. The SMILES string of the molecule is Cc1conc1CC1CCC1.O=C1c2ccccc2CN1c1ccccc1. The Morgan fingerprint density at radius 3 is 2.44 bits per heavy atom. The molecule has 3 aromatic rings. The molecule has 0 N–H and O–H groups in total. The maximum Gasteiger partial charge on any atom is 0.258 e. The molecule has 0 bridgehead atoms. The molecular formula is C23H24N2O2. The van der Waals surface area contributed by atoms with E-state index in [4.69, 9.17) is 4.52 Å². The Bertz CT molecular complexity index is 913. The van der Waals surface area contributed by atoms with E-state index in [0.717, 1.165) is 34.8 Å². The molecule has 2 aliphatic rings. The van der Waals surface area contributed by atoms with Crippen LogP contribution in [0, 0.1) is 12.8 Å². The van der Waals surface area contributed by atoms with Crippen LogP contribution in [0.25, 0.3) is 0 Å². The van der Waals surface area contributed by atoms with Crippen LogP contribution in [-0.4, -0.2) is 11.1 Å². The van der Waals surface area contributed by atoms with Crippen molar-refractivity contribution in [3.05, 3.63) is 83.2 Å². The molecule has 4 heteroatoms. The summed E-state index contributed by atoms with van der Waals surface area (Å²) in [7, 11) is 0. The number of benzene rings is 2. The summed E-state index contributed by atoms with van der Waals surface area (Å²) in [6.45, 7) is 2.74. The maximum atomic E-state index is 12.1. The number of aromatic nitrogens is 1. The number of amides is 1. The van der Waals surface area contributed by atoms with Gasteiger partial charge in [-0.2, -0.15) is 0 Å².